The molecule has 2 aliphatic heterocycles. The van der Waals surface area contributed by atoms with Crippen molar-refractivity contribution in [1.82, 2.24) is 9.29 Å². The average Bonchev–Trinajstić information content (AvgIpc) is 2.77. The maximum Gasteiger partial charge on any atom is 0.211 e. The van der Waals surface area contributed by atoms with Gasteiger partial charge in [0.1, 0.15) is 5.75 Å². The van der Waals surface area contributed by atoms with Crippen LogP contribution in [-0.4, -0.2) is 50.2 Å². The van der Waals surface area contributed by atoms with Crippen molar-refractivity contribution in [2.45, 2.75) is 45.6 Å². The third-order valence-electron chi connectivity index (χ3n) is 6.52. The number of anilines is 1. The van der Waals surface area contributed by atoms with Crippen LogP contribution in [0.1, 0.15) is 42.5 Å². The number of hydrogen-bond acceptors (Lipinski definition) is 5. The van der Waals surface area contributed by atoms with Gasteiger partial charge < -0.3 is 9.64 Å². The Morgan fingerprint density at radius 1 is 1.10 bits per heavy atom. The molecule has 0 radical (unpaired) electrons. The summed E-state index contributed by atoms with van der Waals surface area (Å²) in [5.41, 5.74) is 4.59. The van der Waals surface area contributed by atoms with Gasteiger partial charge in [-0.15, -0.1) is 0 Å². The van der Waals surface area contributed by atoms with Crippen molar-refractivity contribution >= 4 is 15.7 Å². The van der Waals surface area contributed by atoms with Crippen LogP contribution < -0.4 is 9.64 Å². The molecule has 0 saturated carbocycles. The van der Waals surface area contributed by atoms with Gasteiger partial charge in [-0.05, 0) is 80.3 Å². The number of hydrogen-bond donors (Lipinski definition) is 0. The third kappa shape index (κ3) is 5.77. The van der Waals surface area contributed by atoms with Gasteiger partial charge in [0.2, 0.25) is 10.0 Å². The van der Waals surface area contributed by atoms with Crippen LogP contribution >= 0.6 is 0 Å². The largest absolute Gasteiger partial charge is 0.494 e. The fourth-order valence-electron chi connectivity index (χ4n) is 4.57. The van der Waals surface area contributed by atoms with Crippen LogP contribution in [0.25, 0.3) is 0 Å². The number of pyridine rings is 1. The summed E-state index contributed by atoms with van der Waals surface area (Å²) in [7, 11) is -3.13. The second kappa shape index (κ2) is 9.57. The molecule has 1 fully saturated rings. The zero-order valence-corrected chi connectivity index (χ0v) is 19.4. The van der Waals surface area contributed by atoms with Gasteiger partial charge in [0, 0.05) is 31.9 Å². The van der Waals surface area contributed by atoms with Gasteiger partial charge in [0.15, 0.2) is 0 Å². The Balaban J connectivity index is 1.18. The van der Waals surface area contributed by atoms with Crippen molar-refractivity contribution in [3.8, 4) is 5.75 Å². The molecule has 4 rings (SSSR count). The number of aryl methyl sites for hydroxylation is 1. The zero-order chi connectivity index (χ0) is 21.8. The number of benzene rings is 1. The van der Waals surface area contributed by atoms with Crippen LogP contribution in [0.5, 0.6) is 5.75 Å². The molecule has 3 heterocycles. The maximum absolute atomic E-state index is 11.8. The highest BCUT2D eigenvalue weighted by atomic mass is 32.2. The van der Waals surface area contributed by atoms with Gasteiger partial charge >= 0.3 is 0 Å². The number of nitrogens with zero attached hydrogens (tertiary/aromatic N) is 3. The predicted molar refractivity (Wildman–Crippen MR) is 124 cm³/mol. The Morgan fingerprint density at radius 2 is 1.90 bits per heavy atom. The molecule has 0 unspecified atom stereocenters. The van der Waals surface area contributed by atoms with E-state index >= 15 is 0 Å². The predicted octanol–water partition coefficient (Wildman–Crippen LogP) is 3.78. The molecule has 0 aliphatic carbocycles. The van der Waals surface area contributed by atoms with E-state index in [0.717, 1.165) is 55.5 Å². The topological polar surface area (TPSA) is 62.7 Å². The lowest BCUT2D eigenvalue weighted by Gasteiger charge is -2.33. The number of ether oxygens (including phenoxy) is 1. The minimum Gasteiger partial charge on any atom is -0.494 e. The Kier molecular flexibility index (Phi) is 6.82. The summed E-state index contributed by atoms with van der Waals surface area (Å²) in [6.45, 7) is 5.97. The Morgan fingerprint density at radius 3 is 2.61 bits per heavy atom. The summed E-state index contributed by atoms with van der Waals surface area (Å²) in [5, 5.41) is 0. The number of rotatable bonds is 7. The molecule has 1 aromatic heterocycles. The van der Waals surface area contributed by atoms with E-state index in [-0.39, 0.29) is 0 Å². The molecule has 0 amide bonds. The fourth-order valence-corrected chi connectivity index (χ4v) is 5.36. The molecule has 0 N–H and O–H groups in total. The van der Waals surface area contributed by atoms with Gasteiger partial charge in [0.25, 0.3) is 0 Å². The van der Waals surface area contributed by atoms with Crippen molar-refractivity contribution in [2.24, 2.45) is 5.92 Å². The molecule has 7 heteroatoms. The van der Waals surface area contributed by atoms with Gasteiger partial charge in [-0.25, -0.2) is 8.42 Å². The van der Waals surface area contributed by atoms with E-state index in [1.807, 2.05) is 25.3 Å². The summed E-state index contributed by atoms with van der Waals surface area (Å²) < 4.78 is 31.1. The fraction of sp³-hybridized carbons (Fsp3) is 0.542. The van der Waals surface area contributed by atoms with Crippen molar-refractivity contribution in [3.05, 3.63) is 53.3 Å². The van der Waals surface area contributed by atoms with Crippen LogP contribution in [-0.2, 0) is 23.0 Å². The third-order valence-corrected chi connectivity index (χ3v) is 7.77. The summed E-state index contributed by atoms with van der Waals surface area (Å²) in [5.74, 6) is 1.66. The Bertz CT molecular complexity index is 984. The highest BCUT2D eigenvalue weighted by Crippen LogP contribution is 2.27. The first-order valence-corrected chi connectivity index (χ1v) is 13.1. The molecule has 1 aromatic carbocycles. The van der Waals surface area contributed by atoms with E-state index in [0.29, 0.717) is 13.1 Å². The van der Waals surface area contributed by atoms with Crippen molar-refractivity contribution in [1.29, 1.82) is 0 Å². The molecule has 1 saturated heterocycles. The van der Waals surface area contributed by atoms with Crippen LogP contribution in [0.2, 0.25) is 0 Å². The van der Waals surface area contributed by atoms with Gasteiger partial charge in [0.05, 0.1) is 24.7 Å². The highest BCUT2D eigenvalue weighted by Gasteiger charge is 2.23. The quantitative estimate of drug-likeness (QED) is 0.610. The van der Waals surface area contributed by atoms with Crippen molar-refractivity contribution < 1.29 is 13.2 Å². The monoisotopic (exact) mass is 443 g/mol. The van der Waals surface area contributed by atoms with Crippen molar-refractivity contribution in [2.75, 3.05) is 37.4 Å². The number of sulfonamides is 1. The maximum atomic E-state index is 11.8. The van der Waals surface area contributed by atoms with E-state index < -0.39 is 10.0 Å². The highest BCUT2D eigenvalue weighted by molar-refractivity contribution is 7.88. The first kappa shape index (κ1) is 22.1. The van der Waals surface area contributed by atoms with Crippen LogP contribution in [0.4, 0.5) is 5.69 Å². The smallest absolute Gasteiger partial charge is 0.211 e. The van der Waals surface area contributed by atoms with E-state index in [1.54, 1.807) is 0 Å². The number of piperidine rings is 1. The molecule has 0 atom stereocenters. The van der Waals surface area contributed by atoms with E-state index in [9.17, 15) is 8.42 Å². The summed E-state index contributed by atoms with van der Waals surface area (Å²) in [4.78, 5) is 6.86. The molecule has 0 bridgehead atoms. The van der Waals surface area contributed by atoms with Crippen LogP contribution in [0.15, 0.2) is 36.5 Å². The second-order valence-corrected chi connectivity index (χ2v) is 10.8. The van der Waals surface area contributed by atoms with E-state index in [4.69, 9.17) is 4.74 Å². The molecular weight excluding hydrogens is 410 g/mol. The number of fused-ring (bicyclic) bond motifs is 1. The summed E-state index contributed by atoms with van der Waals surface area (Å²) in [6, 6.07) is 10.3. The van der Waals surface area contributed by atoms with Gasteiger partial charge in [-0.3, -0.25) is 4.98 Å². The lowest BCUT2D eigenvalue weighted by atomic mass is 9.92. The SMILES string of the molecule is Cc1ccc(N2CCC(CCCOc3ccc4c(c3)CCN(S(C)(=O)=O)C4)CC2)cn1. The molecule has 2 aromatic rings. The molecule has 168 valence electrons. The Hall–Kier alpha value is -2.12. The normalized spacial score (nSPS) is 18.1. The van der Waals surface area contributed by atoms with Gasteiger partial charge in [-0.1, -0.05) is 6.07 Å². The number of aromatic nitrogens is 1. The van der Waals surface area contributed by atoms with E-state index in [2.05, 4.69) is 28.1 Å². The minimum atomic E-state index is -3.13. The van der Waals surface area contributed by atoms with Crippen LogP contribution in [0.3, 0.4) is 0 Å². The lowest BCUT2D eigenvalue weighted by molar-refractivity contribution is 0.278. The first-order chi connectivity index (χ1) is 14.9. The molecule has 2 aliphatic rings. The molecule has 6 nitrogen and oxygen atoms in total. The standard InChI is InChI=1S/C24H33N3O3S/c1-19-5-7-23(17-25-19)26-12-9-20(10-13-26)4-3-15-30-24-8-6-22-18-27(31(2,28)29)14-11-21(22)16-24/h5-8,16-17,20H,3-4,9-15,18H2,1-2H3. The summed E-state index contributed by atoms with van der Waals surface area (Å²) in [6.07, 6.45) is 8.73. The van der Waals surface area contributed by atoms with Gasteiger partial charge in [-0.2, -0.15) is 4.31 Å². The molecule has 31 heavy (non-hydrogen) atoms. The summed E-state index contributed by atoms with van der Waals surface area (Å²) >= 11 is 0. The molecule has 0 spiro atoms. The minimum absolute atomic E-state index is 0.464. The van der Waals surface area contributed by atoms with Crippen molar-refractivity contribution in [3.63, 3.8) is 0 Å². The van der Waals surface area contributed by atoms with Crippen LogP contribution in [0, 0.1) is 12.8 Å². The first-order valence-electron chi connectivity index (χ1n) is 11.3. The lowest BCUT2D eigenvalue weighted by Crippen LogP contribution is -2.35. The zero-order valence-electron chi connectivity index (χ0n) is 18.6. The van der Waals surface area contributed by atoms with E-state index in [1.165, 1.54) is 41.1 Å². The Labute approximate surface area is 186 Å². The second-order valence-electron chi connectivity index (χ2n) is 8.86. The molecular formula is C24H33N3O3S. The average molecular weight is 444 g/mol.